The number of ether oxygens (including phenoxy) is 1. The minimum Gasteiger partial charge on any atom is -0.496 e. The molecule has 114 valence electrons. The Balaban J connectivity index is 2.12. The Labute approximate surface area is 126 Å². The molecule has 0 saturated carbocycles. The highest BCUT2D eigenvalue weighted by molar-refractivity contribution is 5.85. The van der Waals surface area contributed by atoms with Crippen molar-refractivity contribution < 1.29 is 14.6 Å². The molecule has 1 saturated heterocycles. The van der Waals surface area contributed by atoms with Crippen molar-refractivity contribution in [3.8, 4) is 5.75 Å². The van der Waals surface area contributed by atoms with Gasteiger partial charge >= 0.3 is 5.97 Å². The Hall–Kier alpha value is -1.81. The predicted octanol–water partition coefficient (Wildman–Crippen LogP) is 3.02. The van der Waals surface area contributed by atoms with Crippen LogP contribution in [-0.4, -0.2) is 36.2 Å². The summed E-state index contributed by atoms with van der Waals surface area (Å²) < 4.78 is 5.42. The minimum absolute atomic E-state index is 0.813. The summed E-state index contributed by atoms with van der Waals surface area (Å²) in [5.41, 5.74) is 2.00. The average Bonchev–Trinajstić information content (AvgIpc) is 2.48. The number of carboxylic acids is 1. The predicted molar refractivity (Wildman–Crippen MR) is 83.3 cm³/mol. The van der Waals surface area contributed by atoms with E-state index in [9.17, 15) is 4.79 Å². The Kier molecular flexibility index (Phi) is 5.39. The first kappa shape index (κ1) is 15.6. The molecule has 1 aliphatic rings. The van der Waals surface area contributed by atoms with Gasteiger partial charge in [-0.15, -0.1) is 0 Å². The van der Waals surface area contributed by atoms with Gasteiger partial charge in [0.1, 0.15) is 5.75 Å². The standard InChI is InChI=1S/C17H23NO3/c1-13-7-9-18(10-8-13)12-15-11-14(4-6-17(19)20)3-5-16(15)21-2/h3-6,11,13H,7-10,12H2,1-2H3,(H,19,20)/b6-4-. The van der Waals surface area contributed by atoms with E-state index in [1.165, 1.54) is 12.8 Å². The summed E-state index contributed by atoms with van der Waals surface area (Å²) in [6.45, 7) is 5.37. The van der Waals surface area contributed by atoms with Crippen molar-refractivity contribution in [2.75, 3.05) is 20.2 Å². The van der Waals surface area contributed by atoms with Crippen LogP contribution in [0.15, 0.2) is 24.3 Å². The maximum Gasteiger partial charge on any atom is 0.328 e. The summed E-state index contributed by atoms with van der Waals surface area (Å²) >= 11 is 0. The van der Waals surface area contributed by atoms with Crippen molar-refractivity contribution in [3.05, 3.63) is 35.4 Å². The molecule has 1 heterocycles. The molecule has 0 radical (unpaired) electrons. The van der Waals surface area contributed by atoms with Crippen LogP contribution < -0.4 is 4.74 Å². The van der Waals surface area contributed by atoms with Crippen LogP contribution in [0, 0.1) is 5.92 Å². The maximum atomic E-state index is 10.6. The van der Waals surface area contributed by atoms with E-state index in [2.05, 4.69) is 11.8 Å². The van der Waals surface area contributed by atoms with Crippen LogP contribution in [0.1, 0.15) is 30.9 Å². The van der Waals surface area contributed by atoms with Gasteiger partial charge in [-0.2, -0.15) is 0 Å². The zero-order valence-corrected chi connectivity index (χ0v) is 12.7. The molecule has 0 bridgehead atoms. The molecule has 1 N–H and O–H groups in total. The van der Waals surface area contributed by atoms with Gasteiger partial charge in [-0.3, -0.25) is 4.90 Å². The van der Waals surface area contributed by atoms with E-state index in [-0.39, 0.29) is 0 Å². The number of nitrogens with zero attached hydrogens (tertiary/aromatic N) is 1. The van der Waals surface area contributed by atoms with Crippen LogP contribution in [0.2, 0.25) is 0 Å². The van der Waals surface area contributed by atoms with E-state index in [1.807, 2.05) is 18.2 Å². The molecule has 1 aromatic carbocycles. The third kappa shape index (κ3) is 4.60. The summed E-state index contributed by atoms with van der Waals surface area (Å²) in [6, 6.07) is 5.79. The average molecular weight is 289 g/mol. The molecule has 0 amide bonds. The number of piperidine rings is 1. The topological polar surface area (TPSA) is 49.8 Å². The second-order valence-corrected chi connectivity index (χ2v) is 5.70. The number of hydrogen-bond acceptors (Lipinski definition) is 3. The van der Waals surface area contributed by atoms with Gasteiger partial charge in [-0.05, 0) is 55.6 Å². The number of hydrogen-bond donors (Lipinski definition) is 1. The van der Waals surface area contributed by atoms with Gasteiger partial charge in [0.2, 0.25) is 0 Å². The van der Waals surface area contributed by atoms with Gasteiger partial charge < -0.3 is 9.84 Å². The number of rotatable bonds is 5. The Bertz CT molecular complexity index is 517. The molecule has 1 aliphatic heterocycles. The van der Waals surface area contributed by atoms with Gasteiger partial charge in [-0.1, -0.05) is 13.0 Å². The van der Waals surface area contributed by atoms with E-state index in [0.29, 0.717) is 0 Å². The number of likely N-dealkylation sites (tertiary alicyclic amines) is 1. The molecule has 0 aromatic heterocycles. The fourth-order valence-corrected chi connectivity index (χ4v) is 2.65. The van der Waals surface area contributed by atoms with Gasteiger partial charge in [0, 0.05) is 18.2 Å². The highest BCUT2D eigenvalue weighted by atomic mass is 16.5. The Morgan fingerprint density at radius 3 is 2.76 bits per heavy atom. The summed E-state index contributed by atoms with van der Waals surface area (Å²) in [6.07, 6.45) is 5.25. The lowest BCUT2D eigenvalue weighted by Crippen LogP contribution is -2.32. The lowest BCUT2D eigenvalue weighted by molar-refractivity contribution is -0.131. The zero-order chi connectivity index (χ0) is 15.2. The van der Waals surface area contributed by atoms with Crippen molar-refractivity contribution in [2.24, 2.45) is 5.92 Å². The molecule has 0 unspecified atom stereocenters. The molecule has 1 aromatic rings. The number of aliphatic carboxylic acids is 1. The normalized spacial score (nSPS) is 17.2. The first-order chi connectivity index (χ1) is 10.1. The van der Waals surface area contributed by atoms with Crippen molar-refractivity contribution >= 4 is 12.0 Å². The van der Waals surface area contributed by atoms with Crippen molar-refractivity contribution in [2.45, 2.75) is 26.3 Å². The number of benzene rings is 1. The quantitative estimate of drug-likeness (QED) is 0.847. The van der Waals surface area contributed by atoms with Gasteiger partial charge in [0.05, 0.1) is 7.11 Å². The molecular weight excluding hydrogens is 266 g/mol. The molecule has 0 aliphatic carbocycles. The molecule has 1 fully saturated rings. The van der Waals surface area contributed by atoms with Crippen LogP contribution in [0.5, 0.6) is 5.75 Å². The second-order valence-electron chi connectivity index (χ2n) is 5.70. The van der Waals surface area contributed by atoms with Crippen molar-refractivity contribution in [3.63, 3.8) is 0 Å². The van der Waals surface area contributed by atoms with Gasteiger partial charge in [0.25, 0.3) is 0 Å². The third-order valence-electron chi connectivity index (χ3n) is 3.99. The minimum atomic E-state index is -0.933. The SMILES string of the molecule is COc1ccc(/C=C\C(=O)O)cc1CN1CCC(C)CC1. The number of carboxylic acid groups (broad SMARTS) is 1. The molecule has 0 atom stereocenters. The molecule has 4 nitrogen and oxygen atoms in total. The van der Waals surface area contributed by atoms with Crippen LogP contribution >= 0.6 is 0 Å². The smallest absolute Gasteiger partial charge is 0.328 e. The van der Waals surface area contributed by atoms with Crippen LogP contribution in [0.3, 0.4) is 0 Å². The zero-order valence-electron chi connectivity index (χ0n) is 12.7. The van der Waals surface area contributed by atoms with E-state index in [4.69, 9.17) is 9.84 Å². The molecule has 21 heavy (non-hydrogen) atoms. The second kappa shape index (κ2) is 7.27. The molecule has 2 rings (SSSR count). The molecular formula is C17H23NO3. The summed E-state index contributed by atoms with van der Waals surface area (Å²) in [5.74, 6) is 0.742. The Morgan fingerprint density at radius 2 is 2.14 bits per heavy atom. The van der Waals surface area contributed by atoms with E-state index < -0.39 is 5.97 Å². The van der Waals surface area contributed by atoms with Crippen LogP contribution in [-0.2, 0) is 11.3 Å². The lowest BCUT2D eigenvalue weighted by Gasteiger charge is -2.30. The Morgan fingerprint density at radius 1 is 1.43 bits per heavy atom. The fourth-order valence-electron chi connectivity index (χ4n) is 2.65. The summed E-state index contributed by atoms with van der Waals surface area (Å²) in [4.78, 5) is 13.0. The highest BCUT2D eigenvalue weighted by Crippen LogP contribution is 2.25. The van der Waals surface area contributed by atoms with Gasteiger partial charge in [0.15, 0.2) is 0 Å². The van der Waals surface area contributed by atoms with Crippen molar-refractivity contribution in [1.29, 1.82) is 0 Å². The largest absolute Gasteiger partial charge is 0.496 e. The molecule has 4 heteroatoms. The summed E-state index contributed by atoms with van der Waals surface area (Å²) in [7, 11) is 1.67. The highest BCUT2D eigenvalue weighted by Gasteiger charge is 2.17. The van der Waals surface area contributed by atoms with E-state index in [0.717, 1.165) is 48.5 Å². The first-order valence-electron chi connectivity index (χ1n) is 7.38. The summed E-state index contributed by atoms with van der Waals surface area (Å²) in [5, 5.41) is 8.71. The third-order valence-corrected chi connectivity index (χ3v) is 3.99. The number of carbonyl (C=O) groups is 1. The van der Waals surface area contributed by atoms with Crippen LogP contribution in [0.25, 0.3) is 6.08 Å². The lowest BCUT2D eigenvalue weighted by atomic mass is 9.98. The van der Waals surface area contributed by atoms with E-state index in [1.54, 1.807) is 13.2 Å². The molecule has 0 spiro atoms. The fraction of sp³-hybridized carbons (Fsp3) is 0.471. The number of methoxy groups -OCH3 is 1. The van der Waals surface area contributed by atoms with Crippen molar-refractivity contribution in [1.82, 2.24) is 4.90 Å². The first-order valence-corrected chi connectivity index (χ1v) is 7.38. The monoisotopic (exact) mass is 289 g/mol. The van der Waals surface area contributed by atoms with Crippen LogP contribution in [0.4, 0.5) is 0 Å². The van der Waals surface area contributed by atoms with E-state index >= 15 is 0 Å². The maximum absolute atomic E-state index is 10.6. The van der Waals surface area contributed by atoms with Gasteiger partial charge in [-0.25, -0.2) is 4.79 Å².